The topological polar surface area (TPSA) is 191 Å². The van der Waals surface area contributed by atoms with Crippen molar-refractivity contribution in [2.45, 2.75) is 0 Å². The van der Waals surface area contributed by atoms with Crippen molar-refractivity contribution in [2.75, 3.05) is 84.0 Å². The van der Waals surface area contributed by atoms with Gasteiger partial charge in [0.2, 0.25) is 0 Å². The maximum Gasteiger partial charge on any atom is 0.338 e. The fourth-order valence-corrected chi connectivity index (χ4v) is 3.57. The fourth-order valence-electron chi connectivity index (χ4n) is 3.24. The highest BCUT2D eigenvalue weighted by Crippen LogP contribution is 2.21. The molecular formula is C29H39NO14S. The lowest BCUT2D eigenvalue weighted by Crippen LogP contribution is -2.43. The van der Waals surface area contributed by atoms with Gasteiger partial charge in [0, 0.05) is 23.9 Å². The molecule has 1 unspecified atom stereocenters. The third kappa shape index (κ3) is 18.5. The summed E-state index contributed by atoms with van der Waals surface area (Å²) in [7, 11) is 0. The molecule has 0 fully saturated rings. The van der Waals surface area contributed by atoms with Crippen LogP contribution in [-0.4, -0.2) is 112 Å². The summed E-state index contributed by atoms with van der Waals surface area (Å²) >= 11 is -2.25. The summed E-state index contributed by atoms with van der Waals surface area (Å²) in [6.07, 6.45) is 3.08. The summed E-state index contributed by atoms with van der Waals surface area (Å²) in [6, 6.07) is 5.76. The van der Waals surface area contributed by atoms with Gasteiger partial charge < -0.3 is 37.9 Å². The molecule has 0 aliphatic rings. The average Bonchev–Trinajstić information content (AvgIpc) is 3.03. The van der Waals surface area contributed by atoms with E-state index in [0.29, 0.717) is 5.69 Å². The minimum Gasteiger partial charge on any atom is -0.460 e. The first-order chi connectivity index (χ1) is 21.6. The number of rotatable bonds is 26. The highest BCUT2D eigenvalue weighted by Gasteiger charge is 2.33. The molecule has 0 aromatic heterocycles. The Labute approximate surface area is 263 Å². The van der Waals surface area contributed by atoms with E-state index in [-0.39, 0.29) is 84.8 Å². The number of hydrogen-bond donors (Lipinski definition) is 2. The maximum absolute atomic E-state index is 12.4. The Bertz CT molecular complexity index is 1050. The van der Waals surface area contributed by atoms with E-state index in [2.05, 4.69) is 24.5 Å². The standard InChI is InChI=1S/C29H39NO14S/c1-4-25(31)41-15-11-37-19-29(20-38-12-16-42-26(32)5-2,21-39-13-17-43-27(33)6-3)22-40-14-18-44-28(34)23-7-9-24(10-8-23)30-45(35)36/h4-10,30H,1-3,11-22H2,(H,35,36). The van der Waals surface area contributed by atoms with Gasteiger partial charge in [0.1, 0.15) is 26.4 Å². The lowest BCUT2D eigenvalue weighted by Gasteiger charge is -2.33. The van der Waals surface area contributed by atoms with Gasteiger partial charge in [0.05, 0.1) is 63.8 Å². The molecule has 1 rings (SSSR count). The highest BCUT2D eigenvalue weighted by atomic mass is 32.2. The van der Waals surface area contributed by atoms with Crippen LogP contribution in [0, 0.1) is 5.41 Å². The fraction of sp³-hybridized carbons (Fsp3) is 0.448. The lowest BCUT2D eigenvalue weighted by molar-refractivity contribution is -0.145. The van der Waals surface area contributed by atoms with E-state index in [1.807, 2.05) is 0 Å². The minimum absolute atomic E-state index is 0.00540. The monoisotopic (exact) mass is 657 g/mol. The van der Waals surface area contributed by atoms with Crippen LogP contribution in [0.25, 0.3) is 0 Å². The number of ether oxygens (including phenoxy) is 8. The number of esters is 4. The summed E-state index contributed by atoms with van der Waals surface area (Å²) < 4.78 is 65.0. The van der Waals surface area contributed by atoms with Crippen molar-refractivity contribution in [2.24, 2.45) is 5.41 Å². The van der Waals surface area contributed by atoms with Crippen molar-refractivity contribution in [3.63, 3.8) is 0 Å². The van der Waals surface area contributed by atoms with E-state index in [0.717, 1.165) is 18.2 Å². The molecule has 15 nitrogen and oxygen atoms in total. The zero-order chi connectivity index (χ0) is 33.3. The molecule has 2 N–H and O–H groups in total. The second kappa shape index (κ2) is 23.5. The normalized spacial score (nSPS) is 11.5. The molecule has 0 aliphatic heterocycles. The van der Waals surface area contributed by atoms with Crippen LogP contribution < -0.4 is 4.72 Å². The maximum atomic E-state index is 12.4. The van der Waals surface area contributed by atoms with Crippen LogP contribution in [0.3, 0.4) is 0 Å². The predicted molar refractivity (Wildman–Crippen MR) is 160 cm³/mol. The number of benzene rings is 1. The van der Waals surface area contributed by atoms with Crippen LogP contribution in [0.4, 0.5) is 5.69 Å². The molecule has 250 valence electrons. The zero-order valence-electron chi connectivity index (χ0n) is 24.8. The van der Waals surface area contributed by atoms with Gasteiger partial charge in [-0.05, 0) is 24.3 Å². The van der Waals surface area contributed by atoms with E-state index in [4.69, 9.17) is 42.4 Å². The van der Waals surface area contributed by atoms with E-state index < -0.39 is 40.6 Å². The van der Waals surface area contributed by atoms with Gasteiger partial charge in [-0.1, -0.05) is 19.7 Å². The lowest BCUT2D eigenvalue weighted by atomic mass is 9.92. The summed E-state index contributed by atoms with van der Waals surface area (Å²) in [4.78, 5) is 46.3. The number of carbonyl (C=O) groups excluding carboxylic acids is 4. The van der Waals surface area contributed by atoms with Crippen molar-refractivity contribution < 1.29 is 65.8 Å². The molecule has 0 amide bonds. The summed E-state index contributed by atoms with van der Waals surface area (Å²) in [5.74, 6) is -2.45. The highest BCUT2D eigenvalue weighted by molar-refractivity contribution is 7.80. The second-order valence-corrected chi connectivity index (χ2v) is 9.59. The first-order valence-corrected chi connectivity index (χ1v) is 14.6. The number of nitrogens with one attached hydrogen (secondary N) is 1. The summed E-state index contributed by atoms with van der Waals surface area (Å²) in [6.45, 7) is 9.89. The SMILES string of the molecule is C=CC(=O)OCCOCC(COCCOC(=O)C=C)(COCCOC(=O)C=C)COCCOC(=O)c1ccc(NS(=O)O)cc1. The van der Waals surface area contributed by atoms with Gasteiger partial charge >= 0.3 is 23.9 Å². The Morgan fingerprint density at radius 1 is 0.644 bits per heavy atom. The summed E-state index contributed by atoms with van der Waals surface area (Å²) in [5, 5.41) is 0. The molecule has 1 atom stereocenters. The molecule has 16 heteroatoms. The van der Waals surface area contributed by atoms with E-state index in [9.17, 15) is 23.4 Å². The first kappa shape index (κ1) is 39.1. The van der Waals surface area contributed by atoms with Crippen LogP contribution >= 0.6 is 0 Å². The largest absolute Gasteiger partial charge is 0.460 e. The van der Waals surface area contributed by atoms with Gasteiger partial charge in [-0.3, -0.25) is 9.27 Å². The third-order valence-electron chi connectivity index (χ3n) is 5.34. The van der Waals surface area contributed by atoms with E-state index in [1.54, 1.807) is 0 Å². The third-order valence-corrected chi connectivity index (χ3v) is 5.75. The predicted octanol–water partition coefficient (Wildman–Crippen LogP) is 1.63. The van der Waals surface area contributed by atoms with Crippen molar-refractivity contribution in [3.8, 4) is 0 Å². The molecule has 0 bridgehead atoms. The molecule has 0 radical (unpaired) electrons. The smallest absolute Gasteiger partial charge is 0.338 e. The van der Waals surface area contributed by atoms with Crippen molar-refractivity contribution in [1.82, 2.24) is 0 Å². The van der Waals surface area contributed by atoms with Gasteiger partial charge in [-0.15, -0.1) is 0 Å². The summed E-state index contributed by atoms with van der Waals surface area (Å²) in [5.41, 5.74) is -0.386. The van der Waals surface area contributed by atoms with Gasteiger partial charge in [-0.25, -0.2) is 23.4 Å². The van der Waals surface area contributed by atoms with Gasteiger partial charge in [0.15, 0.2) is 0 Å². The molecule has 0 aliphatic carbocycles. The quantitative estimate of drug-likeness (QED) is 0.0480. The first-order valence-electron chi connectivity index (χ1n) is 13.5. The van der Waals surface area contributed by atoms with Crippen molar-refractivity contribution in [1.29, 1.82) is 0 Å². The van der Waals surface area contributed by atoms with Crippen LogP contribution in [0.5, 0.6) is 0 Å². The van der Waals surface area contributed by atoms with Gasteiger partial charge in [0.25, 0.3) is 11.3 Å². The average molecular weight is 658 g/mol. The van der Waals surface area contributed by atoms with E-state index in [1.165, 1.54) is 24.3 Å². The van der Waals surface area contributed by atoms with E-state index >= 15 is 0 Å². The van der Waals surface area contributed by atoms with Gasteiger partial charge in [-0.2, -0.15) is 0 Å². The number of carbonyl (C=O) groups is 4. The molecular weight excluding hydrogens is 618 g/mol. The van der Waals surface area contributed by atoms with Crippen molar-refractivity contribution in [3.05, 3.63) is 67.8 Å². The van der Waals surface area contributed by atoms with Crippen LogP contribution in [0.1, 0.15) is 10.4 Å². The Hall–Kier alpha value is -3.93. The second-order valence-electron chi connectivity index (χ2n) is 8.89. The number of anilines is 1. The molecule has 0 saturated heterocycles. The van der Waals surface area contributed by atoms with Crippen LogP contribution in [0.2, 0.25) is 0 Å². The molecule has 1 aromatic carbocycles. The molecule has 45 heavy (non-hydrogen) atoms. The minimum atomic E-state index is -2.25. The Kier molecular flexibility index (Phi) is 20.4. The molecule has 0 heterocycles. The van der Waals surface area contributed by atoms with Crippen molar-refractivity contribution >= 4 is 40.8 Å². The Balaban J connectivity index is 2.80. The van der Waals surface area contributed by atoms with Crippen LogP contribution in [-0.2, 0) is 63.5 Å². The molecule has 0 spiro atoms. The Morgan fingerprint density at radius 2 is 1.00 bits per heavy atom. The van der Waals surface area contributed by atoms with Crippen LogP contribution in [0.15, 0.2) is 62.2 Å². The number of hydrogen-bond acceptors (Lipinski definition) is 13. The molecule has 1 aromatic rings. The molecule has 0 saturated carbocycles. The zero-order valence-corrected chi connectivity index (χ0v) is 25.6. The Morgan fingerprint density at radius 3 is 1.33 bits per heavy atom.